The van der Waals surface area contributed by atoms with Crippen molar-refractivity contribution < 1.29 is 9.47 Å². The average molecular weight is 357 g/mol. The molecule has 0 radical (unpaired) electrons. The second-order valence-electron chi connectivity index (χ2n) is 6.40. The largest absolute Gasteiger partial charge is 0.375 e. The maximum Gasteiger partial charge on any atom is 0.186 e. The number of fused-ring (bicyclic) bond motifs is 1. The first-order chi connectivity index (χ1) is 12.4. The van der Waals surface area contributed by atoms with Gasteiger partial charge in [-0.1, -0.05) is 0 Å². The Labute approximate surface area is 149 Å². The van der Waals surface area contributed by atoms with Crippen molar-refractivity contribution in [3.8, 4) is 11.4 Å². The Balaban J connectivity index is 1.45. The molecule has 0 aromatic carbocycles. The Morgan fingerprint density at radius 2 is 2.04 bits per heavy atom. The molecule has 2 atom stereocenters. The summed E-state index contributed by atoms with van der Waals surface area (Å²) in [4.78, 5) is 2.27. The lowest BCUT2D eigenvalue weighted by Crippen LogP contribution is -2.48. The summed E-state index contributed by atoms with van der Waals surface area (Å²) in [5.41, 5.74) is 1.80. The lowest BCUT2D eigenvalue weighted by Gasteiger charge is -2.35. The molecule has 0 saturated carbocycles. The fourth-order valence-electron chi connectivity index (χ4n) is 3.52. The van der Waals surface area contributed by atoms with Crippen molar-refractivity contribution in [1.29, 1.82) is 0 Å². The number of hydrogen-bond donors (Lipinski definition) is 0. The van der Waals surface area contributed by atoms with E-state index >= 15 is 0 Å². The van der Waals surface area contributed by atoms with Crippen molar-refractivity contribution in [3.63, 3.8) is 0 Å². The van der Waals surface area contributed by atoms with Gasteiger partial charge in [-0.05, 0) is 36.4 Å². The molecule has 2 aliphatic heterocycles. The highest BCUT2D eigenvalue weighted by molar-refractivity contribution is 7.08. The lowest BCUT2D eigenvalue weighted by molar-refractivity contribution is -0.0544. The highest BCUT2D eigenvalue weighted by Gasteiger charge is 2.31. The van der Waals surface area contributed by atoms with Gasteiger partial charge in [0.15, 0.2) is 11.5 Å². The van der Waals surface area contributed by atoms with Crippen molar-refractivity contribution >= 4 is 22.8 Å². The van der Waals surface area contributed by atoms with Crippen LogP contribution >= 0.6 is 11.3 Å². The third kappa shape index (κ3) is 2.80. The highest BCUT2D eigenvalue weighted by atomic mass is 32.1. The highest BCUT2D eigenvalue weighted by Crippen LogP contribution is 2.25. The summed E-state index contributed by atoms with van der Waals surface area (Å²) in [5, 5.41) is 17.4. The number of anilines is 1. The fraction of sp³-hybridized carbons (Fsp3) is 0.471. The quantitative estimate of drug-likeness (QED) is 0.716. The van der Waals surface area contributed by atoms with E-state index in [-0.39, 0.29) is 12.2 Å². The van der Waals surface area contributed by atoms with E-state index in [9.17, 15) is 0 Å². The first-order valence-electron chi connectivity index (χ1n) is 8.62. The van der Waals surface area contributed by atoms with Crippen LogP contribution in [0.25, 0.3) is 17.0 Å². The van der Waals surface area contributed by atoms with E-state index in [0.29, 0.717) is 6.61 Å². The molecule has 25 heavy (non-hydrogen) atoms. The van der Waals surface area contributed by atoms with Gasteiger partial charge in [0, 0.05) is 30.6 Å². The number of thiophene rings is 1. The van der Waals surface area contributed by atoms with Crippen LogP contribution in [0.1, 0.15) is 12.8 Å². The molecule has 130 valence electrons. The second kappa shape index (κ2) is 6.36. The molecule has 8 heteroatoms. The van der Waals surface area contributed by atoms with E-state index in [1.165, 1.54) is 0 Å². The first kappa shape index (κ1) is 15.2. The fourth-order valence-corrected chi connectivity index (χ4v) is 4.16. The van der Waals surface area contributed by atoms with E-state index in [2.05, 4.69) is 20.5 Å². The van der Waals surface area contributed by atoms with Gasteiger partial charge in [-0.25, -0.2) is 0 Å². The Bertz CT molecular complexity index is 859. The van der Waals surface area contributed by atoms with Crippen molar-refractivity contribution in [1.82, 2.24) is 19.8 Å². The summed E-state index contributed by atoms with van der Waals surface area (Å²) in [6, 6.07) is 6.03. The Kier molecular flexibility index (Phi) is 3.88. The van der Waals surface area contributed by atoms with Crippen molar-refractivity contribution in [2.45, 2.75) is 25.0 Å². The normalized spacial score (nSPS) is 24.2. The molecule has 0 aliphatic carbocycles. The summed E-state index contributed by atoms with van der Waals surface area (Å²) in [6.07, 6.45) is 2.53. The standard InChI is InChI=1S/C17H19N5O2S/c1-2-13(23-7-1)14-10-21(6-8-24-14)16-4-3-15-18-19-17(22(15)20-16)12-5-9-25-11-12/h3-5,9,11,13-14H,1-2,6-8,10H2. The zero-order valence-corrected chi connectivity index (χ0v) is 14.6. The van der Waals surface area contributed by atoms with Crippen LogP contribution in [0.15, 0.2) is 29.0 Å². The zero-order chi connectivity index (χ0) is 16.6. The maximum atomic E-state index is 5.94. The number of ether oxygens (including phenoxy) is 2. The van der Waals surface area contributed by atoms with Gasteiger partial charge in [0.2, 0.25) is 0 Å². The van der Waals surface area contributed by atoms with Crippen molar-refractivity contribution in [3.05, 3.63) is 29.0 Å². The second-order valence-corrected chi connectivity index (χ2v) is 7.18. The Morgan fingerprint density at radius 3 is 2.88 bits per heavy atom. The lowest BCUT2D eigenvalue weighted by atomic mass is 10.1. The summed E-state index contributed by atoms with van der Waals surface area (Å²) in [6.45, 7) is 3.18. The molecular formula is C17H19N5O2S. The smallest absolute Gasteiger partial charge is 0.186 e. The topological polar surface area (TPSA) is 64.8 Å². The van der Waals surface area contributed by atoms with Gasteiger partial charge in [-0.3, -0.25) is 0 Å². The predicted octanol–water partition coefficient (Wildman–Crippen LogP) is 2.24. The van der Waals surface area contributed by atoms with Gasteiger partial charge in [0.05, 0.1) is 12.7 Å². The average Bonchev–Trinajstić information content (AvgIpc) is 3.41. The first-order valence-corrected chi connectivity index (χ1v) is 9.56. The van der Waals surface area contributed by atoms with Gasteiger partial charge in [0.1, 0.15) is 11.9 Å². The number of rotatable bonds is 3. The number of hydrogen-bond acceptors (Lipinski definition) is 7. The van der Waals surface area contributed by atoms with Crippen LogP contribution in [0.2, 0.25) is 0 Å². The van der Waals surface area contributed by atoms with Crippen LogP contribution in [0.5, 0.6) is 0 Å². The summed E-state index contributed by atoms with van der Waals surface area (Å²) in [5.74, 6) is 1.71. The number of morpholine rings is 1. The SMILES string of the molecule is c1cc(-c2nnc3ccc(N4CCOC(C5CCCO5)C4)nn23)cs1. The third-order valence-corrected chi connectivity index (χ3v) is 5.51. The van der Waals surface area contributed by atoms with Crippen LogP contribution in [0.4, 0.5) is 5.82 Å². The van der Waals surface area contributed by atoms with Crippen LogP contribution in [0.3, 0.4) is 0 Å². The minimum Gasteiger partial charge on any atom is -0.375 e. The van der Waals surface area contributed by atoms with E-state index in [1.54, 1.807) is 11.3 Å². The van der Waals surface area contributed by atoms with E-state index in [1.807, 2.05) is 28.1 Å². The van der Waals surface area contributed by atoms with Crippen LogP contribution in [0, 0.1) is 0 Å². The molecule has 2 aliphatic rings. The minimum atomic E-state index is 0.117. The zero-order valence-electron chi connectivity index (χ0n) is 13.7. The van der Waals surface area contributed by atoms with Gasteiger partial charge in [-0.15, -0.1) is 15.3 Å². The monoisotopic (exact) mass is 357 g/mol. The molecule has 0 bridgehead atoms. The molecule has 2 unspecified atom stereocenters. The molecule has 5 rings (SSSR count). The van der Waals surface area contributed by atoms with Crippen LogP contribution < -0.4 is 4.90 Å². The van der Waals surface area contributed by atoms with E-state index in [0.717, 1.165) is 55.4 Å². The maximum absolute atomic E-state index is 5.94. The summed E-state index contributed by atoms with van der Waals surface area (Å²) >= 11 is 1.64. The van der Waals surface area contributed by atoms with E-state index in [4.69, 9.17) is 14.6 Å². The third-order valence-electron chi connectivity index (χ3n) is 4.83. The molecule has 0 amide bonds. The molecule has 5 heterocycles. The molecule has 2 saturated heterocycles. The van der Waals surface area contributed by atoms with Gasteiger partial charge >= 0.3 is 0 Å². The van der Waals surface area contributed by atoms with Gasteiger partial charge < -0.3 is 14.4 Å². The molecule has 0 spiro atoms. The van der Waals surface area contributed by atoms with Crippen LogP contribution in [-0.4, -0.2) is 58.3 Å². The number of nitrogens with zero attached hydrogens (tertiary/aromatic N) is 5. The molecule has 0 N–H and O–H groups in total. The Morgan fingerprint density at radius 1 is 1.08 bits per heavy atom. The molecule has 2 fully saturated rings. The number of aromatic nitrogens is 4. The molecular weight excluding hydrogens is 338 g/mol. The van der Waals surface area contributed by atoms with Crippen molar-refractivity contribution in [2.75, 3.05) is 31.2 Å². The molecule has 7 nitrogen and oxygen atoms in total. The van der Waals surface area contributed by atoms with Gasteiger partial charge in [-0.2, -0.15) is 15.9 Å². The predicted molar refractivity (Wildman–Crippen MR) is 95.0 cm³/mol. The van der Waals surface area contributed by atoms with Crippen molar-refractivity contribution in [2.24, 2.45) is 0 Å². The molecule has 3 aromatic rings. The van der Waals surface area contributed by atoms with Gasteiger partial charge in [0.25, 0.3) is 0 Å². The van der Waals surface area contributed by atoms with Crippen LogP contribution in [-0.2, 0) is 9.47 Å². The Hall–Kier alpha value is -2.03. The molecule has 3 aromatic heterocycles. The summed E-state index contributed by atoms with van der Waals surface area (Å²) in [7, 11) is 0. The summed E-state index contributed by atoms with van der Waals surface area (Å²) < 4.78 is 13.6. The van der Waals surface area contributed by atoms with E-state index < -0.39 is 0 Å². The minimum absolute atomic E-state index is 0.117.